The summed E-state index contributed by atoms with van der Waals surface area (Å²) in [7, 11) is 0. The second-order valence-corrected chi connectivity index (χ2v) is 9.13. The first-order valence-electron chi connectivity index (χ1n) is 11.4. The number of carbonyl (C=O) groups is 1. The fourth-order valence-electron chi connectivity index (χ4n) is 3.68. The maximum Gasteiger partial charge on any atom is 0.256 e. The Balaban J connectivity index is 1.77. The number of benzene rings is 2. The summed E-state index contributed by atoms with van der Waals surface area (Å²) in [6.07, 6.45) is 3.37. The number of aliphatic hydroxyl groups is 1. The maximum absolute atomic E-state index is 13.4. The van der Waals surface area contributed by atoms with Gasteiger partial charge in [-0.05, 0) is 55.5 Å². The molecule has 0 radical (unpaired) electrons. The Labute approximate surface area is 195 Å². The molecule has 1 atom stereocenters. The van der Waals surface area contributed by atoms with Crippen LogP contribution in [-0.2, 0) is 0 Å². The van der Waals surface area contributed by atoms with Gasteiger partial charge in [-0.15, -0.1) is 11.3 Å². The van der Waals surface area contributed by atoms with Gasteiger partial charge in [0.05, 0.1) is 6.61 Å². The van der Waals surface area contributed by atoms with E-state index in [1.54, 1.807) is 11.3 Å². The summed E-state index contributed by atoms with van der Waals surface area (Å²) in [6, 6.07) is 18.9. The van der Waals surface area contributed by atoms with Crippen LogP contribution in [0.5, 0.6) is 5.75 Å². The molecule has 0 bridgehead atoms. The van der Waals surface area contributed by atoms with Crippen molar-refractivity contribution in [3.8, 4) is 16.2 Å². The third kappa shape index (κ3) is 5.99. The Morgan fingerprint density at radius 2 is 1.75 bits per heavy atom. The van der Waals surface area contributed by atoms with E-state index in [0.29, 0.717) is 23.5 Å². The van der Waals surface area contributed by atoms with Crippen LogP contribution < -0.4 is 4.74 Å². The molecule has 0 aliphatic carbocycles. The van der Waals surface area contributed by atoms with Crippen molar-refractivity contribution >= 4 is 17.2 Å². The van der Waals surface area contributed by atoms with Crippen LogP contribution >= 0.6 is 11.3 Å². The number of thiophene rings is 1. The highest BCUT2D eigenvalue weighted by atomic mass is 32.1. The molecule has 2 aromatic carbocycles. The van der Waals surface area contributed by atoms with E-state index in [1.807, 2.05) is 73.8 Å². The number of nitrogens with zero attached hydrogens (tertiary/aromatic N) is 1. The SMILES string of the molecule is CCCCCCOc1ccccc1C(O)N(C(=O)c1ccc(-c2cccs2)cc1)C(C)C. The number of hydrogen-bond donors (Lipinski definition) is 1. The summed E-state index contributed by atoms with van der Waals surface area (Å²) < 4.78 is 5.98. The summed E-state index contributed by atoms with van der Waals surface area (Å²) in [5, 5.41) is 13.3. The lowest BCUT2D eigenvalue weighted by atomic mass is 10.1. The Morgan fingerprint density at radius 3 is 2.41 bits per heavy atom. The third-order valence-electron chi connectivity index (χ3n) is 5.44. The van der Waals surface area contributed by atoms with Gasteiger partial charge in [-0.3, -0.25) is 4.79 Å². The lowest BCUT2D eigenvalue weighted by molar-refractivity contribution is -0.00891. The van der Waals surface area contributed by atoms with Crippen molar-refractivity contribution in [3.05, 3.63) is 77.2 Å². The van der Waals surface area contributed by atoms with Crippen LogP contribution in [0, 0.1) is 0 Å². The molecule has 0 saturated heterocycles. The van der Waals surface area contributed by atoms with Gasteiger partial charge in [0.25, 0.3) is 5.91 Å². The fraction of sp³-hybridized carbons (Fsp3) is 0.370. The molecule has 1 heterocycles. The first-order valence-corrected chi connectivity index (χ1v) is 12.3. The Bertz CT molecular complexity index is 967. The zero-order chi connectivity index (χ0) is 22.9. The summed E-state index contributed by atoms with van der Waals surface area (Å²) in [6.45, 7) is 6.61. The van der Waals surface area contributed by atoms with E-state index in [2.05, 4.69) is 13.0 Å². The Hall–Kier alpha value is -2.63. The van der Waals surface area contributed by atoms with Crippen LogP contribution in [-0.4, -0.2) is 28.6 Å². The van der Waals surface area contributed by atoms with Crippen molar-refractivity contribution in [1.82, 2.24) is 4.90 Å². The van der Waals surface area contributed by atoms with E-state index in [-0.39, 0.29) is 11.9 Å². The van der Waals surface area contributed by atoms with Crippen LogP contribution in [0.15, 0.2) is 66.0 Å². The summed E-state index contributed by atoms with van der Waals surface area (Å²) in [5.41, 5.74) is 2.24. The molecular weight excluding hydrogens is 418 g/mol. The molecule has 0 spiro atoms. The molecule has 3 aromatic rings. The molecule has 1 amide bonds. The largest absolute Gasteiger partial charge is 0.493 e. The molecule has 1 N–H and O–H groups in total. The molecule has 5 heteroatoms. The van der Waals surface area contributed by atoms with Crippen LogP contribution in [0.2, 0.25) is 0 Å². The van der Waals surface area contributed by atoms with E-state index in [1.165, 1.54) is 17.7 Å². The highest BCUT2D eigenvalue weighted by Gasteiger charge is 2.29. The maximum atomic E-state index is 13.4. The fourth-order valence-corrected chi connectivity index (χ4v) is 4.42. The topological polar surface area (TPSA) is 49.8 Å². The van der Waals surface area contributed by atoms with Gasteiger partial charge in [-0.2, -0.15) is 0 Å². The summed E-state index contributed by atoms with van der Waals surface area (Å²) in [4.78, 5) is 16.0. The van der Waals surface area contributed by atoms with Gasteiger partial charge in [0, 0.05) is 22.0 Å². The number of ether oxygens (including phenoxy) is 1. The predicted octanol–water partition coefficient (Wildman–Crippen LogP) is 6.92. The number of amides is 1. The van der Waals surface area contributed by atoms with E-state index in [9.17, 15) is 9.90 Å². The van der Waals surface area contributed by atoms with Gasteiger partial charge in [-0.1, -0.05) is 62.6 Å². The molecular formula is C27H33NO3S. The molecule has 0 fully saturated rings. The average Bonchev–Trinajstić information content (AvgIpc) is 3.34. The summed E-state index contributed by atoms with van der Waals surface area (Å²) >= 11 is 1.67. The second-order valence-electron chi connectivity index (χ2n) is 8.18. The molecule has 4 nitrogen and oxygen atoms in total. The molecule has 0 aliphatic rings. The quantitative estimate of drug-likeness (QED) is 0.254. The Kier molecular flexibility index (Phi) is 8.89. The number of rotatable bonds is 11. The summed E-state index contributed by atoms with van der Waals surface area (Å²) in [5.74, 6) is 0.422. The van der Waals surface area contributed by atoms with E-state index in [4.69, 9.17) is 4.74 Å². The van der Waals surface area contributed by atoms with E-state index in [0.717, 1.165) is 23.3 Å². The first-order chi connectivity index (χ1) is 15.5. The average molecular weight is 452 g/mol. The number of carbonyl (C=O) groups excluding carboxylic acids is 1. The third-order valence-corrected chi connectivity index (χ3v) is 6.36. The highest BCUT2D eigenvalue weighted by molar-refractivity contribution is 7.13. The van der Waals surface area contributed by atoms with Gasteiger partial charge in [0.2, 0.25) is 0 Å². The van der Waals surface area contributed by atoms with Crippen molar-refractivity contribution in [2.45, 2.75) is 58.7 Å². The predicted molar refractivity (Wildman–Crippen MR) is 132 cm³/mol. The normalized spacial score (nSPS) is 12.0. The van der Waals surface area contributed by atoms with Crippen LogP contribution in [0.1, 0.15) is 68.6 Å². The van der Waals surface area contributed by atoms with Gasteiger partial charge in [0.15, 0.2) is 6.23 Å². The molecule has 0 aliphatic heterocycles. The second kappa shape index (κ2) is 11.8. The van der Waals surface area contributed by atoms with Crippen molar-refractivity contribution in [3.63, 3.8) is 0 Å². The minimum atomic E-state index is -1.09. The number of hydrogen-bond acceptors (Lipinski definition) is 4. The molecule has 32 heavy (non-hydrogen) atoms. The molecule has 0 saturated carbocycles. The van der Waals surface area contributed by atoms with Gasteiger partial charge < -0.3 is 14.7 Å². The highest BCUT2D eigenvalue weighted by Crippen LogP contribution is 2.31. The molecule has 1 unspecified atom stereocenters. The number of para-hydroxylation sites is 1. The lowest BCUT2D eigenvalue weighted by Gasteiger charge is -2.32. The smallest absolute Gasteiger partial charge is 0.256 e. The number of aliphatic hydroxyl groups excluding tert-OH is 1. The number of unbranched alkanes of at least 4 members (excludes halogenated alkanes) is 3. The minimum Gasteiger partial charge on any atom is -0.493 e. The van der Waals surface area contributed by atoms with Crippen molar-refractivity contribution in [1.29, 1.82) is 0 Å². The standard InChI is InChI=1S/C27H33NO3S/c1-4-5-6-9-18-31-24-12-8-7-11-23(24)27(30)28(20(2)3)26(29)22-16-14-21(15-17-22)25-13-10-19-32-25/h7-8,10-17,19-20,27,30H,4-6,9,18H2,1-3H3. The van der Waals surface area contributed by atoms with Crippen LogP contribution in [0.4, 0.5) is 0 Å². The minimum absolute atomic E-state index is 0.188. The van der Waals surface area contributed by atoms with Gasteiger partial charge in [-0.25, -0.2) is 0 Å². The van der Waals surface area contributed by atoms with Crippen molar-refractivity contribution < 1.29 is 14.6 Å². The first kappa shape index (κ1) is 24.0. The lowest BCUT2D eigenvalue weighted by Crippen LogP contribution is -2.40. The van der Waals surface area contributed by atoms with Crippen LogP contribution in [0.3, 0.4) is 0 Å². The van der Waals surface area contributed by atoms with Gasteiger partial charge in [0.1, 0.15) is 5.75 Å². The van der Waals surface area contributed by atoms with Crippen molar-refractivity contribution in [2.75, 3.05) is 6.61 Å². The monoisotopic (exact) mass is 451 g/mol. The van der Waals surface area contributed by atoms with Gasteiger partial charge >= 0.3 is 0 Å². The van der Waals surface area contributed by atoms with Crippen molar-refractivity contribution in [2.24, 2.45) is 0 Å². The molecule has 3 rings (SSSR count). The molecule has 1 aromatic heterocycles. The molecule has 170 valence electrons. The Morgan fingerprint density at radius 1 is 1.00 bits per heavy atom. The zero-order valence-corrected chi connectivity index (χ0v) is 20.0. The van der Waals surface area contributed by atoms with E-state index >= 15 is 0 Å². The van der Waals surface area contributed by atoms with E-state index < -0.39 is 6.23 Å². The van der Waals surface area contributed by atoms with Crippen LogP contribution in [0.25, 0.3) is 10.4 Å². The zero-order valence-electron chi connectivity index (χ0n) is 19.2.